The zero-order chi connectivity index (χ0) is 20.9. The lowest BCUT2D eigenvalue weighted by Crippen LogP contribution is -2.04. The van der Waals surface area contributed by atoms with Gasteiger partial charge in [-0.05, 0) is 17.7 Å². The second kappa shape index (κ2) is 6.94. The molecular weight excluding hydrogens is 426 g/mol. The first-order valence-electron chi connectivity index (χ1n) is 7.72. The van der Waals surface area contributed by atoms with Crippen molar-refractivity contribution in [2.75, 3.05) is 26.7 Å². The van der Waals surface area contributed by atoms with E-state index in [1.807, 2.05) is 0 Å². The van der Waals surface area contributed by atoms with Crippen molar-refractivity contribution in [3.05, 3.63) is 24.3 Å². The van der Waals surface area contributed by atoms with Gasteiger partial charge < -0.3 is 9.47 Å². The lowest BCUT2D eigenvalue weighted by atomic mass is 10.1. The number of thiol groups is 1. The number of nitrogens with zero attached hydrogens (tertiary/aromatic N) is 3. The lowest BCUT2D eigenvalue weighted by molar-refractivity contribution is 0.355. The number of hydrogen-bond donors (Lipinski definition) is 1. The highest BCUT2D eigenvalue weighted by molar-refractivity contribution is 7.91. The highest BCUT2D eigenvalue weighted by Crippen LogP contribution is 2.37. The van der Waals surface area contributed by atoms with Crippen molar-refractivity contribution in [2.45, 2.75) is 15.1 Å². The number of benzene rings is 1. The van der Waals surface area contributed by atoms with E-state index in [0.717, 1.165) is 12.5 Å². The Morgan fingerprint density at radius 1 is 0.964 bits per heavy atom. The molecule has 0 aliphatic carbocycles. The van der Waals surface area contributed by atoms with Crippen molar-refractivity contribution >= 4 is 38.0 Å². The quantitative estimate of drug-likeness (QED) is 0.466. The van der Waals surface area contributed by atoms with Crippen molar-refractivity contribution in [1.82, 2.24) is 14.6 Å². The zero-order valence-corrected chi connectivity index (χ0v) is 17.9. The Bertz CT molecular complexity index is 1300. The summed E-state index contributed by atoms with van der Waals surface area (Å²) in [7, 11) is -4.51. The van der Waals surface area contributed by atoms with Crippen molar-refractivity contribution in [2.24, 2.45) is 0 Å². The summed E-state index contributed by atoms with van der Waals surface area (Å²) in [4.78, 5) is 4.14. The summed E-state index contributed by atoms with van der Waals surface area (Å²) in [5, 5.41) is 3.73. The average Bonchev–Trinajstić information content (AvgIpc) is 3.01. The molecule has 0 saturated carbocycles. The fraction of sp³-hybridized carbons (Fsp3) is 0.250. The van der Waals surface area contributed by atoms with Crippen LogP contribution in [-0.2, 0) is 19.7 Å². The molecule has 2 aromatic heterocycles. The summed E-state index contributed by atoms with van der Waals surface area (Å²) >= 11 is 4.25. The van der Waals surface area contributed by atoms with Gasteiger partial charge in [0, 0.05) is 18.6 Å². The molecule has 2 heterocycles. The van der Waals surface area contributed by atoms with Gasteiger partial charge in [-0.2, -0.15) is 5.10 Å². The van der Waals surface area contributed by atoms with Crippen LogP contribution < -0.4 is 9.47 Å². The molecule has 0 N–H and O–H groups in total. The molecule has 0 aliphatic heterocycles. The van der Waals surface area contributed by atoms with Gasteiger partial charge in [-0.15, -0.1) is 12.6 Å². The largest absolute Gasteiger partial charge is 0.493 e. The van der Waals surface area contributed by atoms with Gasteiger partial charge in [0.15, 0.2) is 46.9 Å². The average molecular weight is 444 g/mol. The van der Waals surface area contributed by atoms with E-state index in [2.05, 4.69) is 22.7 Å². The molecule has 1 aromatic carbocycles. The summed E-state index contributed by atoms with van der Waals surface area (Å²) < 4.78 is 60.4. The van der Waals surface area contributed by atoms with E-state index in [-0.39, 0.29) is 26.3 Å². The molecule has 0 aliphatic rings. The van der Waals surface area contributed by atoms with E-state index in [1.165, 1.54) is 24.8 Å². The van der Waals surface area contributed by atoms with Gasteiger partial charge in [-0.1, -0.05) is 6.07 Å². The topological polar surface area (TPSA) is 117 Å². The normalized spacial score (nSPS) is 12.3. The molecule has 12 heteroatoms. The van der Waals surface area contributed by atoms with Crippen LogP contribution in [0.2, 0.25) is 0 Å². The van der Waals surface area contributed by atoms with Crippen LogP contribution in [0, 0.1) is 0 Å². The van der Waals surface area contributed by atoms with Gasteiger partial charge in [0.25, 0.3) is 0 Å². The Balaban J connectivity index is 2.48. The highest BCUT2D eigenvalue weighted by atomic mass is 32.2. The van der Waals surface area contributed by atoms with Crippen LogP contribution in [0.5, 0.6) is 11.5 Å². The van der Waals surface area contributed by atoms with Crippen LogP contribution in [-0.4, -0.2) is 58.2 Å². The molecular formula is C16H17N3O6S3. The Kier molecular flexibility index (Phi) is 5.06. The molecule has 28 heavy (non-hydrogen) atoms. The standard InChI is InChI=1S/C16H17N3O6S3/c1-24-10-6-5-9(7-11(10)25-2)14-15-17-12(27(3,20)21)8-13(26)19(15)18-16(14)28(4,22)23/h5-8,26H,1-4H3. The maximum Gasteiger partial charge on any atom is 0.195 e. The molecule has 3 rings (SSSR count). The third kappa shape index (κ3) is 3.54. The number of aromatic nitrogens is 3. The summed E-state index contributed by atoms with van der Waals surface area (Å²) in [5.74, 6) is 0.812. The number of hydrogen-bond acceptors (Lipinski definition) is 9. The van der Waals surface area contributed by atoms with Gasteiger partial charge in [0.1, 0.15) is 0 Å². The van der Waals surface area contributed by atoms with Gasteiger partial charge in [0.05, 0.1) is 24.8 Å². The van der Waals surface area contributed by atoms with Gasteiger partial charge >= 0.3 is 0 Å². The maximum absolute atomic E-state index is 12.4. The third-order valence-corrected chi connectivity index (χ3v) is 6.19. The van der Waals surface area contributed by atoms with Crippen molar-refractivity contribution in [3.63, 3.8) is 0 Å². The van der Waals surface area contributed by atoms with Crippen LogP contribution in [0.15, 0.2) is 39.3 Å². The molecule has 0 bridgehead atoms. The van der Waals surface area contributed by atoms with Crippen molar-refractivity contribution in [3.8, 4) is 22.6 Å². The van der Waals surface area contributed by atoms with Crippen molar-refractivity contribution in [1.29, 1.82) is 0 Å². The second-order valence-corrected chi connectivity index (χ2v) is 10.3. The van der Waals surface area contributed by atoms with Crippen LogP contribution in [0.25, 0.3) is 16.8 Å². The number of methoxy groups -OCH3 is 2. The SMILES string of the molecule is COc1ccc(-c2c(S(C)(=O)=O)nn3c(S)cc(S(C)(=O)=O)nc23)cc1OC. The second-order valence-electron chi connectivity index (χ2n) is 5.98. The van der Waals surface area contributed by atoms with Crippen LogP contribution in [0.4, 0.5) is 0 Å². The van der Waals surface area contributed by atoms with E-state index in [9.17, 15) is 16.8 Å². The van der Waals surface area contributed by atoms with Crippen LogP contribution in [0.1, 0.15) is 0 Å². The molecule has 3 aromatic rings. The Labute approximate surface area is 167 Å². The predicted molar refractivity (Wildman–Crippen MR) is 105 cm³/mol. The smallest absolute Gasteiger partial charge is 0.195 e. The number of sulfone groups is 2. The summed E-state index contributed by atoms with van der Waals surface area (Å²) in [6.45, 7) is 0. The van der Waals surface area contributed by atoms with E-state index in [0.29, 0.717) is 17.1 Å². The number of rotatable bonds is 5. The van der Waals surface area contributed by atoms with E-state index < -0.39 is 19.7 Å². The highest BCUT2D eigenvalue weighted by Gasteiger charge is 2.26. The maximum atomic E-state index is 12.4. The first kappa shape index (κ1) is 20.4. The monoisotopic (exact) mass is 443 g/mol. The van der Waals surface area contributed by atoms with E-state index in [1.54, 1.807) is 18.2 Å². The molecule has 9 nitrogen and oxygen atoms in total. The summed E-state index contributed by atoms with van der Waals surface area (Å²) in [5.41, 5.74) is 0.601. The third-order valence-electron chi connectivity index (χ3n) is 3.92. The first-order chi connectivity index (χ1) is 13.0. The van der Waals surface area contributed by atoms with Gasteiger partial charge in [-0.3, -0.25) is 0 Å². The molecule has 0 atom stereocenters. The number of fused-ring (bicyclic) bond motifs is 1. The van der Waals surface area contributed by atoms with E-state index in [4.69, 9.17) is 9.47 Å². The molecule has 0 unspecified atom stereocenters. The Morgan fingerprint density at radius 2 is 1.61 bits per heavy atom. The summed E-state index contributed by atoms with van der Waals surface area (Å²) in [6.07, 6.45) is 2.01. The molecule has 0 amide bonds. The van der Waals surface area contributed by atoms with Crippen LogP contribution >= 0.6 is 12.6 Å². The molecule has 0 spiro atoms. The predicted octanol–water partition coefficient (Wildman–Crippen LogP) is 1.51. The number of ether oxygens (including phenoxy) is 2. The lowest BCUT2D eigenvalue weighted by Gasteiger charge is -2.10. The fourth-order valence-corrected chi connectivity index (χ4v) is 4.39. The van der Waals surface area contributed by atoms with Gasteiger partial charge in [0.2, 0.25) is 0 Å². The van der Waals surface area contributed by atoms with Crippen LogP contribution in [0.3, 0.4) is 0 Å². The molecule has 0 radical (unpaired) electrons. The van der Waals surface area contributed by atoms with Gasteiger partial charge in [-0.25, -0.2) is 26.3 Å². The summed E-state index contributed by atoms with van der Waals surface area (Å²) in [6, 6.07) is 5.99. The zero-order valence-electron chi connectivity index (χ0n) is 15.4. The minimum Gasteiger partial charge on any atom is -0.493 e. The minimum atomic E-state index is -3.77. The van der Waals surface area contributed by atoms with E-state index >= 15 is 0 Å². The fourth-order valence-electron chi connectivity index (χ4n) is 2.65. The first-order valence-corrected chi connectivity index (χ1v) is 12.0. The molecule has 0 saturated heterocycles. The molecule has 0 fully saturated rings. The molecule has 150 valence electrons. The Hall–Kier alpha value is -2.31. The Morgan fingerprint density at radius 3 is 2.14 bits per heavy atom. The van der Waals surface area contributed by atoms with Crippen molar-refractivity contribution < 1.29 is 26.3 Å². The minimum absolute atomic E-state index is 0.0422.